The lowest BCUT2D eigenvalue weighted by atomic mass is 10.1. The molecule has 414 valence electrons. The van der Waals surface area contributed by atoms with Crippen molar-refractivity contribution in [2.75, 3.05) is 65.9 Å². The molecule has 2 atom stereocenters. The normalized spacial score (nSPS) is 12.0. The molecule has 0 saturated heterocycles. The molecule has 0 aromatic carbocycles. The number of carbonyl (C=O) groups excluding carboxylic acids is 7. The second kappa shape index (κ2) is 48.8. The van der Waals surface area contributed by atoms with E-state index in [1.807, 2.05) is 19.0 Å². The summed E-state index contributed by atoms with van der Waals surface area (Å²) in [5.74, 6) is -2.52. The molecule has 15 nitrogen and oxygen atoms in total. The van der Waals surface area contributed by atoms with Crippen molar-refractivity contribution in [1.29, 1.82) is 0 Å². The van der Waals surface area contributed by atoms with Crippen molar-refractivity contribution >= 4 is 52.8 Å². The third-order valence-corrected chi connectivity index (χ3v) is 12.9. The number of esters is 6. The zero-order valence-corrected chi connectivity index (χ0v) is 46.4. The minimum atomic E-state index is -0.994. The average Bonchev–Trinajstić information content (AvgIpc) is 3.34. The standard InChI is InChI=1S/C55H100N2O13S/c1-7-11-15-19-23-27-31-36-54(63)70-48(44-66-50(59)34-29-25-21-17-13-9-3)46-68-52(61)38-41-57(55(64)71-42-32-39-56(5)6)40-37-51(60)67-45-47(69-53(62)35-30-26-22-18-14-10-4)43-65-49(58)33-28-24-20-16-12-8-2/h47-48H,7-46H2,1-6H3. The van der Waals surface area contributed by atoms with Gasteiger partial charge in [-0.25, -0.2) is 0 Å². The number of hydrogen-bond acceptors (Lipinski definition) is 15. The fraction of sp³-hybridized carbons (Fsp3) is 0.873. The van der Waals surface area contributed by atoms with E-state index in [4.69, 9.17) is 28.4 Å². The highest BCUT2D eigenvalue weighted by Crippen LogP contribution is 2.16. The molecule has 0 spiro atoms. The first-order chi connectivity index (χ1) is 34.3. The number of hydrogen-bond donors (Lipinski definition) is 0. The SMILES string of the molecule is CCCCCCCCCC(=O)OC(COC(=O)CCCCCCCC)COC(=O)CCN(CCC(=O)OCC(COC(=O)CCCCCCCC)OC(=O)CCCCCCCC)C(=O)SCCCN(C)C. The summed E-state index contributed by atoms with van der Waals surface area (Å²) in [5, 5.41) is -0.322. The Hall–Kier alpha value is -3.40. The predicted octanol–water partition coefficient (Wildman–Crippen LogP) is 12.3. The van der Waals surface area contributed by atoms with Gasteiger partial charge in [-0.1, -0.05) is 174 Å². The van der Waals surface area contributed by atoms with Crippen molar-refractivity contribution < 1.29 is 62.0 Å². The summed E-state index contributed by atoms with van der Waals surface area (Å²) in [6.45, 7) is 8.11. The molecular formula is C55H100N2O13S. The Morgan fingerprint density at radius 3 is 0.944 bits per heavy atom. The van der Waals surface area contributed by atoms with Crippen LogP contribution in [0.1, 0.15) is 233 Å². The highest BCUT2D eigenvalue weighted by atomic mass is 32.2. The molecule has 0 N–H and O–H groups in total. The number of rotatable bonds is 49. The monoisotopic (exact) mass is 1030 g/mol. The molecular weight excluding hydrogens is 929 g/mol. The van der Waals surface area contributed by atoms with Crippen LogP contribution in [0.25, 0.3) is 0 Å². The van der Waals surface area contributed by atoms with Crippen molar-refractivity contribution in [3.63, 3.8) is 0 Å². The van der Waals surface area contributed by atoms with Crippen LogP contribution in [0.3, 0.4) is 0 Å². The first kappa shape index (κ1) is 67.6. The summed E-state index contributed by atoms with van der Waals surface area (Å²) in [5.41, 5.74) is 0. The Kier molecular flexibility index (Phi) is 46.5. The van der Waals surface area contributed by atoms with Crippen molar-refractivity contribution in [1.82, 2.24) is 9.80 Å². The fourth-order valence-electron chi connectivity index (χ4n) is 7.51. The smallest absolute Gasteiger partial charge is 0.307 e. The summed E-state index contributed by atoms with van der Waals surface area (Å²) in [7, 11) is 3.89. The van der Waals surface area contributed by atoms with E-state index in [0.717, 1.165) is 147 Å². The zero-order chi connectivity index (χ0) is 52.6. The maximum absolute atomic E-state index is 13.5. The molecule has 2 unspecified atom stereocenters. The van der Waals surface area contributed by atoms with Gasteiger partial charge in [-0.15, -0.1) is 0 Å². The Morgan fingerprint density at radius 1 is 0.352 bits per heavy atom. The Morgan fingerprint density at radius 2 is 0.634 bits per heavy atom. The van der Waals surface area contributed by atoms with Crippen LogP contribution in [0.5, 0.6) is 0 Å². The number of amides is 1. The maximum Gasteiger partial charge on any atom is 0.307 e. The van der Waals surface area contributed by atoms with Crippen molar-refractivity contribution in [3.05, 3.63) is 0 Å². The van der Waals surface area contributed by atoms with Crippen LogP contribution in [0.15, 0.2) is 0 Å². The van der Waals surface area contributed by atoms with Crippen LogP contribution < -0.4 is 0 Å². The maximum atomic E-state index is 13.5. The van der Waals surface area contributed by atoms with Crippen molar-refractivity contribution in [2.24, 2.45) is 0 Å². The summed E-state index contributed by atoms with van der Waals surface area (Å²) in [6, 6.07) is 0. The number of carbonyl (C=O) groups is 7. The number of ether oxygens (including phenoxy) is 6. The molecule has 16 heteroatoms. The molecule has 1 amide bonds. The third-order valence-electron chi connectivity index (χ3n) is 11.9. The molecule has 0 radical (unpaired) electrons. The highest BCUT2D eigenvalue weighted by molar-refractivity contribution is 8.13. The van der Waals surface area contributed by atoms with E-state index < -0.39 is 48.0 Å². The van der Waals surface area contributed by atoms with Crippen LogP contribution in [0.2, 0.25) is 0 Å². The molecule has 71 heavy (non-hydrogen) atoms. The third kappa shape index (κ3) is 45.0. The van der Waals surface area contributed by atoms with Gasteiger partial charge in [-0.05, 0) is 52.7 Å². The molecule has 0 aliphatic rings. The Labute approximate surface area is 434 Å². The lowest BCUT2D eigenvalue weighted by Gasteiger charge is -2.23. The molecule has 0 rings (SSSR count). The second-order valence-electron chi connectivity index (χ2n) is 19.1. The van der Waals surface area contributed by atoms with Gasteiger partial charge in [0.15, 0.2) is 12.2 Å². The minimum absolute atomic E-state index is 0.0607. The lowest BCUT2D eigenvalue weighted by molar-refractivity contribution is -0.167. The summed E-state index contributed by atoms with van der Waals surface area (Å²) >= 11 is 1.09. The molecule has 0 aromatic heterocycles. The topological polar surface area (TPSA) is 181 Å². The minimum Gasteiger partial charge on any atom is -0.462 e. The van der Waals surface area contributed by atoms with E-state index in [9.17, 15) is 33.6 Å². The van der Waals surface area contributed by atoms with E-state index >= 15 is 0 Å². The van der Waals surface area contributed by atoms with Gasteiger partial charge in [0.05, 0.1) is 12.8 Å². The van der Waals surface area contributed by atoms with E-state index in [0.29, 0.717) is 31.4 Å². The number of nitrogens with zero attached hydrogens (tertiary/aromatic N) is 2. The number of thioether (sulfide) groups is 1. The van der Waals surface area contributed by atoms with E-state index in [2.05, 4.69) is 27.7 Å². The molecule has 0 heterocycles. The molecule has 0 aliphatic carbocycles. The van der Waals surface area contributed by atoms with Gasteiger partial charge in [-0.3, -0.25) is 33.6 Å². The second-order valence-corrected chi connectivity index (χ2v) is 20.2. The average molecular weight is 1030 g/mol. The zero-order valence-electron chi connectivity index (χ0n) is 45.5. The molecule has 0 bridgehead atoms. The first-order valence-electron chi connectivity index (χ1n) is 27.9. The van der Waals surface area contributed by atoms with Crippen LogP contribution >= 0.6 is 11.8 Å². The van der Waals surface area contributed by atoms with Gasteiger partial charge in [-0.2, -0.15) is 0 Å². The molecule has 0 aromatic rings. The van der Waals surface area contributed by atoms with E-state index in [1.54, 1.807) is 0 Å². The molecule has 0 fully saturated rings. The largest absolute Gasteiger partial charge is 0.462 e. The summed E-state index contributed by atoms with van der Waals surface area (Å²) in [6.07, 6.45) is 24.7. The summed E-state index contributed by atoms with van der Waals surface area (Å²) < 4.78 is 33.3. The van der Waals surface area contributed by atoms with Crippen LogP contribution in [-0.2, 0) is 57.2 Å². The van der Waals surface area contributed by atoms with Crippen LogP contribution in [0, 0.1) is 0 Å². The molecule has 0 aliphatic heterocycles. The van der Waals surface area contributed by atoms with Gasteiger partial charge in [0.2, 0.25) is 0 Å². The first-order valence-corrected chi connectivity index (χ1v) is 28.9. The van der Waals surface area contributed by atoms with Gasteiger partial charge < -0.3 is 38.2 Å². The van der Waals surface area contributed by atoms with Gasteiger partial charge in [0, 0.05) is 44.5 Å². The summed E-state index contributed by atoms with van der Waals surface area (Å²) in [4.78, 5) is 94.0. The van der Waals surface area contributed by atoms with Gasteiger partial charge in [0.1, 0.15) is 26.4 Å². The lowest BCUT2D eigenvalue weighted by Crippen LogP contribution is -2.35. The quantitative estimate of drug-likeness (QED) is 0.0319. The fourth-order valence-corrected chi connectivity index (χ4v) is 8.32. The van der Waals surface area contributed by atoms with E-state index in [1.165, 1.54) is 17.7 Å². The van der Waals surface area contributed by atoms with Crippen LogP contribution in [-0.4, -0.2) is 129 Å². The van der Waals surface area contributed by atoms with Gasteiger partial charge in [0.25, 0.3) is 5.24 Å². The highest BCUT2D eigenvalue weighted by Gasteiger charge is 2.24. The Bertz CT molecular complexity index is 1380. The van der Waals surface area contributed by atoms with Crippen molar-refractivity contribution in [2.45, 2.75) is 245 Å². The van der Waals surface area contributed by atoms with Gasteiger partial charge >= 0.3 is 35.8 Å². The number of unbranched alkanes of at least 4 members (excludes halogenated alkanes) is 21. The van der Waals surface area contributed by atoms with Crippen LogP contribution in [0.4, 0.5) is 4.79 Å². The Balaban J connectivity index is 5.58. The van der Waals surface area contributed by atoms with E-state index in [-0.39, 0.29) is 83.3 Å². The van der Waals surface area contributed by atoms with Crippen molar-refractivity contribution in [3.8, 4) is 0 Å². The molecule has 0 saturated carbocycles. The predicted molar refractivity (Wildman–Crippen MR) is 282 cm³/mol.